The molecular weight excluding hydrogens is 481 g/mol. The van der Waals surface area contributed by atoms with Gasteiger partial charge in [0.2, 0.25) is 11.4 Å². The highest BCUT2D eigenvalue weighted by Crippen LogP contribution is 2.42. The molecule has 11 nitrogen and oxygen atoms in total. The second kappa shape index (κ2) is 9.18. The monoisotopic (exact) mass is 509 g/mol. The lowest BCUT2D eigenvalue weighted by atomic mass is 10.1. The zero-order chi connectivity index (χ0) is 25.7. The standard InChI is InChI=1S/C25H28FN7O4/c1-15-14-37-23-20-17(22(34)18(24(35)36)13-33(15)20)10-19(26)21(23)31-8-6-30(7-9-31)16-11-28-25(29-12-16)32-4-2-27-3-5-32/h10-13,15,27H,2-9,14H2,1H3,(H,35,36)/t15-/m0/s1. The second-order valence-corrected chi connectivity index (χ2v) is 9.63. The Kier molecular flexibility index (Phi) is 5.82. The summed E-state index contributed by atoms with van der Waals surface area (Å²) in [6.45, 7) is 8.04. The number of benzene rings is 1. The van der Waals surface area contributed by atoms with Crippen LogP contribution in [0.1, 0.15) is 23.3 Å². The van der Waals surface area contributed by atoms with Crippen molar-refractivity contribution in [3.05, 3.63) is 46.3 Å². The summed E-state index contributed by atoms with van der Waals surface area (Å²) in [6.07, 6.45) is 5.01. The molecule has 194 valence electrons. The molecule has 2 aromatic heterocycles. The maximum Gasteiger partial charge on any atom is 0.341 e. The number of carbonyl (C=O) groups is 1. The van der Waals surface area contributed by atoms with E-state index in [1.54, 1.807) is 4.57 Å². The first-order valence-electron chi connectivity index (χ1n) is 12.5. The highest BCUT2D eigenvalue weighted by Gasteiger charge is 2.31. The highest BCUT2D eigenvalue weighted by molar-refractivity contribution is 5.97. The SMILES string of the molecule is C[C@H]1COc2c(N3CCN(c4cnc(N5CCNCC5)nc4)CC3)c(F)cc3c(=O)c(C(=O)O)cn1c23. The lowest BCUT2D eigenvalue weighted by Crippen LogP contribution is -2.47. The van der Waals surface area contributed by atoms with E-state index in [0.717, 1.165) is 43.9 Å². The third-order valence-electron chi connectivity index (χ3n) is 7.36. The third-order valence-corrected chi connectivity index (χ3v) is 7.36. The average Bonchev–Trinajstić information content (AvgIpc) is 2.92. The number of halogens is 1. The molecule has 12 heteroatoms. The Bertz CT molecular complexity index is 1410. The van der Waals surface area contributed by atoms with Crippen molar-refractivity contribution in [2.24, 2.45) is 0 Å². The van der Waals surface area contributed by atoms with Crippen LogP contribution in [0.3, 0.4) is 0 Å². The van der Waals surface area contributed by atoms with Gasteiger partial charge in [-0.05, 0) is 13.0 Å². The number of carboxylic acid groups (broad SMARTS) is 1. The van der Waals surface area contributed by atoms with Gasteiger partial charge in [0.25, 0.3) is 0 Å². The summed E-state index contributed by atoms with van der Waals surface area (Å²) in [5.41, 5.74) is 0.569. The number of aromatic carboxylic acids is 1. The molecule has 2 N–H and O–H groups in total. The zero-order valence-electron chi connectivity index (χ0n) is 20.5. The molecule has 0 bridgehead atoms. The quantitative estimate of drug-likeness (QED) is 0.533. The van der Waals surface area contributed by atoms with E-state index in [0.29, 0.717) is 43.1 Å². The van der Waals surface area contributed by atoms with Crippen molar-refractivity contribution in [2.45, 2.75) is 13.0 Å². The van der Waals surface area contributed by atoms with Crippen molar-refractivity contribution in [3.8, 4) is 5.75 Å². The smallest absolute Gasteiger partial charge is 0.341 e. The molecule has 2 fully saturated rings. The summed E-state index contributed by atoms with van der Waals surface area (Å²) < 4.78 is 23.2. The van der Waals surface area contributed by atoms with Gasteiger partial charge in [-0.15, -0.1) is 0 Å². The summed E-state index contributed by atoms with van der Waals surface area (Å²) in [5, 5.41) is 12.8. The molecule has 0 unspecified atom stereocenters. The molecule has 1 atom stereocenters. The molecule has 37 heavy (non-hydrogen) atoms. The number of piperazine rings is 2. The van der Waals surface area contributed by atoms with Crippen LogP contribution in [0.5, 0.6) is 5.75 Å². The normalized spacial score (nSPS) is 19.7. The minimum Gasteiger partial charge on any atom is -0.487 e. The van der Waals surface area contributed by atoms with Gasteiger partial charge in [0, 0.05) is 58.6 Å². The van der Waals surface area contributed by atoms with Crippen LogP contribution >= 0.6 is 0 Å². The zero-order valence-corrected chi connectivity index (χ0v) is 20.5. The van der Waals surface area contributed by atoms with Gasteiger partial charge in [-0.3, -0.25) is 4.79 Å². The molecule has 3 aromatic rings. The molecule has 0 amide bonds. The Hall–Kier alpha value is -3.93. The van der Waals surface area contributed by atoms with Gasteiger partial charge in [-0.1, -0.05) is 0 Å². The van der Waals surface area contributed by atoms with E-state index in [1.165, 1.54) is 6.20 Å². The van der Waals surface area contributed by atoms with Crippen molar-refractivity contribution < 1.29 is 19.0 Å². The average molecular weight is 510 g/mol. The maximum absolute atomic E-state index is 15.5. The number of nitrogens with one attached hydrogen (secondary N) is 1. The van der Waals surface area contributed by atoms with Crippen LogP contribution < -0.4 is 30.2 Å². The van der Waals surface area contributed by atoms with Gasteiger partial charge >= 0.3 is 5.97 Å². The molecule has 0 saturated carbocycles. The molecule has 3 aliphatic heterocycles. The molecule has 0 radical (unpaired) electrons. The molecular formula is C25H28FN7O4. The summed E-state index contributed by atoms with van der Waals surface area (Å²) >= 11 is 0. The lowest BCUT2D eigenvalue weighted by molar-refractivity contribution is 0.0694. The van der Waals surface area contributed by atoms with Crippen LogP contribution in [0.4, 0.5) is 21.7 Å². The van der Waals surface area contributed by atoms with E-state index in [1.807, 2.05) is 24.2 Å². The second-order valence-electron chi connectivity index (χ2n) is 9.63. The number of nitrogens with zero attached hydrogens (tertiary/aromatic N) is 6. The lowest BCUT2D eigenvalue weighted by Gasteiger charge is -2.39. The Morgan fingerprint density at radius 3 is 2.43 bits per heavy atom. The number of pyridine rings is 1. The van der Waals surface area contributed by atoms with Gasteiger partial charge in [-0.2, -0.15) is 0 Å². The fourth-order valence-electron chi connectivity index (χ4n) is 5.35. The van der Waals surface area contributed by atoms with Crippen LogP contribution in [-0.4, -0.2) is 84.6 Å². The third kappa shape index (κ3) is 4.01. The van der Waals surface area contributed by atoms with Gasteiger partial charge in [0.15, 0.2) is 11.6 Å². The summed E-state index contributed by atoms with van der Waals surface area (Å²) in [7, 11) is 0. The highest BCUT2D eigenvalue weighted by atomic mass is 19.1. The van der Waals surface area contributed by atoms with E-state index in [9.17, 15) is 14.7 Å². The molecule has 3 aliphatic rings. The number of carboxylic acids is 1. The molecule has 2 saturated heterocycles. The fourth-order valence-corrected chi connectivity index (χ4v) is 5.35. The van der Waals surface area contributed by atoms with Crippen molar-refractivity contribution >= 4 is 34.2 Å². The predicted octanol–water partition coefficient (Wildman–Crippen LogP) is 1.32. The number of ether oxygens (including phenoxy) is 1. The first kappa shape index (κ1) is 23.5. The Morgan fingerprint density at radius 1 is 1.08 bits per heavy atom. The fraction of sp³-hybridized carbons (Fsp3) is 0.440. The van der Waals surface area contributed by atoms with Crippen molar-refractivity contribution in [1.29, 1.82) is 0 Å². The maximum atomic E-state index is 15.5. The van der Waals surface area contributed by atoms with Crippen LogP contribution in [0, 0.1) is 5.82 Å². The van der Waals surface area contributed by atoms with Gasteiger partial charge in [0.05, 0.1) is 35.0 Å². The van der Waals surface area contributed by atoms with E-state index >= 15 is 4.39 Å². The van der Waals surface area contributed by atoms with Crippen LogP contribution in [-0.2, 0) is 0 Å². The topological polar surface area (TPSA) is 116 Å². The predicted molar refractivity (Wildman–Crippen MR) is 137 cm³/mol. The van der Waals surface area contributed by atoms with Crippen molar-refractivity contribution in [3.63, 3.8) is 0 Å². The van der Waals surface area contributed by atoms with Gasteiger partial charge in [-0.25, -0.2) is 19.2 Å². The van der Waals surface area contributed by atoms with E-state index in [4.69, 9.17) is 4.74 Å². The Balaban J connectivity index is 1.27. The minimum atomic E-state index is -1.33. The largest absolute Gasteiger partial charge is 0.487 e. The Labute approximate surface area is 212 Å². The molecule has 5 heterocycles. The van der Waals surface area contributed by atoms with E-state index < -0.39 is 17.2 Å². The Morgan fingerprint density at radius 2 is 1.76 bits per heavy atom. The first-order chi connectivity index (χ1) is 17.9. The summed E-state index contributed by atoms with van der Waals surface area (Å²) in [6, 6.07) is 0.948. The number of hydrogen-bond donors (Lipinski definition) is 2. The first-order valence-corrected chi connectivity index (χ1v) is 12.5. The van der Waals surface area contributed by atoms with Crippen molar-refractivity contribution in [1.82, 2.24) is 19.9 Å². The minimum absolute atomic E-state index is 0.0167. The summed E-state index contributed by atoms with van der Waals surface area (Å²) in [4.78, 5) is 39.8. The number of aromatic nitrogens is 3. The molecule has 0 spiro atoms. The van der Waals surface area contributed by atoms with E-state index in [2.05, 4.69) is 25.1 Å². The number of rotatable bonds is 4. The van der Waals surface area contributed by atoms with Crippen LogP contribution in [0.15, 0.2) is 29.5 Å². The van der Waals surface area contributed by atoms with Gasteiger partial charge < -0.3 is 34.4 Å². The molecule has 0 aliphatic carbocycles. The summed E-state index contributed by atoms with van der Waals surface area (Å²) in [5.74, 6) is -0.911. The van der Waals surface area contributed by atoms with Crippen LogP contribution in [0.2, 0.25) is 0 Å². The van der Waals surface area contributed by atoms with Crippen molar-refractivity contribution in [2.75, 3.05) is 73.7 Å². The van der Waals surface area contributed by atoms with Gasteiger partial charge in [0.1, 0.15) is 17.9 Å². The molecule has 6 rings (SSSR count). The van der Waals surface area contributed by atoms with Crippen LogP contribution in [0.25, 0.3) is 10.9 Å². The number of anilines is 3. The number of hydrogen-bond acceptors (Lipinski definition) is 9. The molecule has 1 aromatic carbocycles. The van der Waals surface area contributed by atoms with E-state index in [-0.39, 0.29) is 23.6 Å².